The van der Waals surface area contributed by atoms with Crippen LogP contribution in [0, 0.1) is 0 Å². The number of anilines is 1. The minimum Gasteiger partial charge on any atom is -0.478 e. The van der Waals surface area contributed by atoms with E-state index in [1.807, 2.05) is 18.2 Å². The molecule has 7 heteroatoms. The Morgan fingerprint density at radius 2 is 1.58 bits per heavy atom. The van der Waals surface area contributed by atoms with E-state index in [4.69, 9.17) is 9.84 Å². The molecule has 1 saturated heterocycles. The van der Waals surface area contributed by atoms with Gasteiger partial charge in [0.1, 0.15) is 0 Å². The van der Waals surface area contributed by atoms with E-state index < -0.39 is 5.97 Å². The maximum Gasteiger partial charge on any atom is 0.335 e. The first-order valence-electron chi connectivity index (χ1n) is 10.1. The molecule has 2 amide bonds. The van der Waals surface area contributed by atoms with Crippen LogP contribution < -0.4 is 4.90 Å². The number of nitrogens with zero attached hydrogens (tertiary/aromatic N) is 2. The van der Waals surface area contributed by atoms with Crippen molar-refractivity contribution in [3.63, 3.8) is 0 Å². The van der Waals surface area contributed by atoms with Gasteiger partial charge in [0, 0.05) is 40.7 Å². The van der Waals surface area contributed by atoms with Gasteiger partial charge in [0.15, 0.2) is 0 Å². The maximum absolute atomic E-state index is 13.3. The van der Waals surface area contributed by atoms with Gasteiger partial charge in [-0.1, -0.05) is 24.3 Å². The molecular weight excluding hydrogens is 396 g/mol. The quantitative estimate of drug-likeness (QED) is 0.658. The zero-order chi connectivity index (χ0) is 21.5. The summed E-state index contributed by atoms with van der Waals surface area (Å²) in [5, 5.41) is 10.6. The molecule has 1 fully saturated rings. The third kappa shape index (κ3) is 3.23. The minimum atomic E-state index is -1.02. The first kappa shape index (κ1) is 19.3. The van der Waals surface area contributed by atoms with Gasteiger partial charge in [-0.2, -0.15) is 0 Å². The number of morpholine rings is 1. The largest absolute Gasteiger partial charge is 0.478 e. The SMILES string of the molecule is O=C(O)c1ccc(CN2C(=O)c3cccc4c(N5CCOCC5)ccc(c34)C2=O)cc1. The number of rotatable bonds is 4. The van der Waals surface area contributed by atoms with Crippen molar-refractivity contribution < 1.29 is 24.2 Å². The van der Waals surface area contributed by atoms with E-state index in [0.29, 0.717) is 35.3 Å². The van der Waals surface area contributed by atoms with E-state index in [9.17, 15) is 14.4 Å². The van der Waals surface area contributed by atoms with E-state index in [1.54, 1.807) is 24.3 Å². The molecule has 2 aliphatic heterocycles. The van der Waals surface area contributed by atoms with Crippen LogP contribution in [0.2, 0.25) is 0 Å². The van der Waals surface area contributed by atoms with Gasteiger partial charge in [-0.25, -0.2) is 4.79 Å². The number of carboxylic acid groups (broad SMARTS) is 1. The molecule has 2 heterocycles. The van der Waals surface area contributed by atoms with Crippen molar-refractivity contribution in [3.05, 3.63) is 76.9 Å². The second-order valence-electron chi connectivity index (χ2n) is 7.66. The van der Waals surface area contributed by atoms with Gasteiger partial charge < -0.3 is 14.7 Å². The Bertz CT molecular complexity index is 1190. The summed E-state index contributed by atoms with van der Waals surface area (Å²) in [4.78, 5) is 41.0. The summed E-state index contributed by atoms with van der Waals surface area (Å²) in [6.45, 7) is 2.90. The average Bonchev–Trinajstić information content (AvgIpc) is 2.80. The number of benzene rings is 3. The molecule has 0 radical (unpaired) electrons. The summed E-state index contributed by atoms with van der Waals surface area (Å²) in [6, 6.07) is 15.5. The monoisotopic (exact) mass is 416 g/mol. The predicted molar refractivity (Wildman–Crippen MR) is 115 cm³/mol. The molecule has 3 aromatic rings. The Labute approximate surface area is 178 Å². The number of aromatic carboxylic acids is 1. The van der Waals surface area contributed by atoms with Crippen LogP contribution in [0.4, 0.5) is 5.69 Å². The van der Waals surface area contributed by atoms with Crippen molar-refractivity contribution >= 4 is 34.2 Å². The molecular formula is C24H20N2O5. The second kappa shape index (κ2) is 7.52. The third-order valence-corrected chi connectivity index (χ3v) is 5.86. The molecule has 7 nitrogen and oxygen atoms in total. The summed E-state index contributed by atoms with van der Waals surface area (Å²) < 4.78 is 5.45. The van der Waals surface area contributed by atoms with Crippen LogP contribution in [0.5, 0.6) is 0 Å². The Morgan fingerprint density at radius 1 is 0.903 bits per heavy atom. The van der Waals surface area contributed by atoms with Gasteiger partial charge in [0.05, 0.1) is 25.3 Å². The first-order chi connectivity index (χ1) is 15.0. The van der Waals surface area contributed by atoms with Gasteiger partial charge in [0.2, 0.25) is 0 Å². The summed E-state index contributed by atoms with van der Waals surface area (Å²) >= 11 is 0. The smallest absolute Gasteiger partial charge is 0.335 e. The van der Waals surface area contributed by atoms with Crippen LogP contribution in [0.25, 0.3) is 10.8 Å². The van der Waals surface area contributed by atoms with Crippen LogP contribution in [0.15, 0.2) is 54.6 Å². The normalized spacial score (nSPS) is 16.1. The Balaban J connectivity index is 1.53. The average molecular weight is 416 g/mol. The highest BCUT2D eigenvalue weighted by atomic mass is 16.5. The van der Waals surface area contributed by atoms with Crippen molar-refractivity contribution in [3.8, 4) is 0 Å². The minimum absolute atomic E-state index is 0.0820. The van der Waals surface area contributed by atoms with E-state index in [-0.39, 0.29) is 23.9 Å². The highest BCUT2D eigenvalue weighted by molar-refractivity contribution is 6.26. The summed E-state index contributed by atoms with van der Waals surface area (Å²) in [5.41, 5.74) is 2.86. The van der Waals surface area contributed by atoms with Crippen LogP contribution in [-0.4, -0.2) is 54.1 Å². The number of hydrogen-bond donors (Lipinski definition) is 1. The van der Waals surface area contributed by atoms with Crippen LogP contribution in [-0.2, 0) is 11.3 Å². The molecule has 5 rings (SSSR count). The van der Waals surface area contributed by atoms with Crippen LogP contribution in [0.3, 0.4) is 0 Å². The lowest BCUT2D eigenvalue weighted by atomic mass is 9.92. The molecule has 0 aromatic heterocycles. The second-order valence-corrected chi connectivity index (χ2v) is 7.66. The van der Waals surface area contributed by atoms with E-state index >= 15 is 0 Å². The highest BCUT2D eigenvalue weighted by Crippen LogP contribution is 2.36. The van der Waals surface area contributed by atoms with E-state index in [0.717, 1.165) is 24.2 Å². The number of amides is 2. The molecule has 0 spiro atoms. The highest BCUT2D eigenvalue weighted by Gasteiger charge is 2.33. The van der Waals surface area contributed by atoms with Gasteiger partial charge in [0.25, 0.3) is 11.8 Å². The molecule has 1 N–H and O–H groups in total. The van der Waals surface area contributed by atoms with Crippen molar-refractivity contribution in [2.45, 2.75) is 6.54 Å². The first-order valence-corrected chi connectivity index (χ1v) is 10.1. The van der Waals surface area contributed by atoms with Gasteiger partial charge in [-0.05, 0) is 35.9 Å². The predicted octanol–water partition coefficient (Wildman–Crippen LogP) is 3.17. The number of ether oxygens (including phenoxy) is 1. The maximum atomic E-state index is 13.3. The standard InChI is InChI=1S/C24H20N2O5/c27-22-18-3-1-2-17-20(25-10-12-31-13-11-25)9-8-19(21(17)18)23(28)26(22)14-15-4-6-16(7-5-15)24(29)30/h1-9H,10-14H2,(H,29,30). The number of carbonyl (C=O) groups is 3. The molecule has 2 aliphatic rings. The van der Waals surface area contributed by atoms with Crippen molar-refractivity contribution in [1.82, 2.24) is 4.90 Å². The topological polar surface area (TPSA) is 87.2 Å². The Kier molecular flexibility index (Phi) is 4.67. The molecule has 0 bridgehead atoms. The summed E-state index contributed by atoms with van der Waals surface area (Å²) in [6.07, 6.45) is 0. The fourth-order valence-electron chi connectivity index (χ4n) is 4.29. The molecule has 0 saturated carbocycles. The van der Waals surface area contributed by atoms with Gasteiger partial charge in [-0.3, -0.25) is 14.5 Å². The zero-order valence-electron chi connectivity index (χ0n) is 16.7. The third-order valence-electron chi connectivity index (χ3n) is 5.86. The van der Waals surface area contributed by atoms with Crippen molar-refractivity contribution in [2.24, 2.45) is 0 Å². The van der Waals surface area contributed by atoms with Crippen LogP contribution in [0.1, 0.15) is 36.6 Å². The van der Waals surface area contributed by atoms with Crippen LogP contribution >= 0.6 is 0 Å². The zero-order valence-corrected chi connectivity index (χ0v) is 16.7. The lowest BCUT2D eigenvalue weighted by molar-refractivity contribution is 0.0596. The summed E-state index contributed by atoms with van der Waals surface area (Å²) in [5.74, 6) is -1.71. The number of carboxylic acids is 1. The molecule has 0 aliphatic carbocycles. The summed E-state index contributed by atoms with van der Waals surface area (Å²) in [7, 11) is 0. The molecule has 31 heavy (non-hydrogen) atoms. The molecule has 0 atom stereocenters. The number of imide groups is 1. The van der Waals surface area contributed by atoms with Crippen molar-refractivity contribution in [2.75, 3.05) is 31.2 Å². The Morgan fingerprint density at radius 3 is 2.26 bits per heavy atom. The lowest BCUT2D eigenvalue weighted by Crippen LogP contribution is -2.40. The molecule has 3 aromatic carbocycles. The fourth-order valence-corrected chi connectivity index (χ4v) is 4.29. The van der Waals surface area contributed by atoms with Gasteiger partial charge in [-0.15, -0.1) is 0 Å². The molecule has 156 valence electrons. The Hall–Kier alpha value is -3.71. The molecule has 0 unspecified atom stereocenters. The lowest BCUT2D eigenvalue weighted by Gasteiger charge is -2.32. The number of hydrogen-bond acceptors (Lipinski definition) is 5. The van der Waals surface area contributed by atoms with E-state index in [1.165, 1.54) is 17.0 Å². The number of carbonyl (C=O) groups excluding carboxylic acids is 2. The van der Waals surface area contributed by atoms with E-state index in [2.05, 4.69) is 4.90 Å². The van der Waals surface area contributed by atoms with Gasteiger partial charge >= 0.3 is 5.97 Å². The van der Waals surface area contributed by atoms with Crippen molar-refractivity contribution in [1.29, 1.82) is 0 Å². The fraction of sp³-hybridized carbons (Fsp3) is 0.208.